The first-order valence-electron chi connectivity index (χ1n) is 8.04. The summed E-state index contributed by atoms with van der Waals surface area (Å²) in [5, 5.41) is 3.07. The van der Waals surface area contributed by atoms with Crippen molar-refractivity contribution in [1.82, 2.24) is 10.2 Å². The molecule has 1 fully saturated rings. The van der Waals surface area contributed by atoms with Gasteiger partial charge in [0.2, 0.25) is 0 Å². The molecular weight excluding hydrogens is 278 g/mol. The van der Waals surface area contributed by atoms with E-state index in [1.807, 2.05) is 14.1 Å². The smallest absolute Gasteiger partial charge is 0.251 e. The summed E-state index contributed by atoms with van der Waals surface area (Å²) < 4.78 is 5.67. The zero-order valence-electron chi connectivity index (χ0n) is 13.6. The topological polar surface area (TPSA) is 67.6 Å². The lowest BCUT2D eigenvalue weighted by molar-refractivity contribution is 0.0938. The van der Waals surface area contributed by atoms with Crippen molar-refractivity contribution in [2.75, 3.05) is 33.0 Å². The van der Waals surface area contributed by atoms with E-state index in [-0.39, 0.29) is 5.91 Å². The van der Waals surface area contributed by atoms with E-state index in [0.29, 0.717) is 29.6 Å². The maximum absolute atomic E-state index is 12.2. The molecule has 5 nitrogen and oxygen atoms in total. The molecule has 22 heavy (non-hydrogen) atoms. The van der Waals surface area contributed by atoms with Gasteiger partial charge in [-0.1, -0.05) is 12.8 Å². The van der Waals surface area contributed by atoms with Crippen LogP contribution in [0.2, 0.25) is 0 Å². The second kappa shape index (κ2) is 8.03. The highest BCUT2D eigenvalue weighted by atomic mass is 16.5. The van der Waals surface area contributed by atoms with Crippen molar-refractivity contribution in [3.63, 3.8) is 0 Å². The number of anilines is 1. The van der Waals surface area contributed by atoms with E-state index in [2.05, 4.69) is 10.2 Å². The van der Waals surface area contributed by atoms with Gasteiger partial charge in [0.25, 0.3) is 5.91 Å². The quantitative estimate of drug-likeness (QED) is 0.599. The Bertz CT molecular complexity index is 497. The molecule has 1 saturated carbocycles. The average molecular weight is 305 g/mol. The summed E-state index contributed by atoms with van der Waals surface area (Å²) in [7, 11) is 4.07. The average Bonchev–Trinajstić information content (AvgIpc) is 2.97. The number of nitrogens with one attached hydrogen (secondary N) is 1. The Kier molecular flexibility index (Phi) is 6.07. The van der Waals surface area contributed by atoms with E-state index in [9.17, 15) is 4.79 Å². The van der Waals surface area contributed by atoms with Gasteiger partial charge in [0.15, 0.2) is 0 Å². The molecule has 2 rings (SSSR count). The molecule has 5 heteroatoms. The maximum atomic E-state index is 12.2. The lowest BCUT2D eigenvalue weighted by Crippen LogP contribution is -2.32. The number of nitrogen functional groups attached to an aromatic ring is 1. The molecule has 0 saturated heterocycles. The Labute approximate surface area is 132 Å². The summed E-state index contributed by atoms with van der Waals surface area (Å²) in [5.74, 6) is 0.605. The van der Waals surface area contributed by atoms with E-state index in [0.717, 1.165) is 25.8 Å². The summed E-state index contributed by atoms with van der Waals surface area (Å²) in [6.07, 6.45) is 5.50. The molecule has 1 aliphatic rings. The van der Waals surface area contributed by atoms with Crippen LogP contribution in [0.15, 0.2) is 18.2 Å². The number of carbonyl (C=O) groups excluding carboxylic acids is 1. The van der Waals surface area contributed by atoms with Gasteiger partial charge < -0.3 is 20.7 Å². The van der Waals surface area contributed by atoms with Crippen molar-refractivity contribution in [2.45, 2.75) is 38.1 Å². The molecule has 0 radical (unpaired) electrons. The minimum atomic E-state index is -0.0437. The van der Waals surface area contributed by atoms with Gasteiger partial charge in [-0.2, -0.15) is 0 Å². The number of hydrogen-bond donors (Lipinski definition) is 2. The van der Waals surface area contributed by atoms with Gasteiger partial charge in [-0.3, -0.25) is 4.79 Å². The van der Waals surface area contributed by atoms with Gasteiger partial charge in [0, 0.05) is 18.2 Å². The highest BCUT2D eigenvalue weighted by Crippen LogP contribution is 2.23. The van der Waals surface area contributed by atoms with Crippen molar-refractivity contribution in [1.29, 1.82) is 0 Å². The fourth-order valence-corrected chi connectivity index (χ4v) is 2.72. The van der Waals surface area contributed by atoms with E-state index in [1.54, 1.807) is 18.2 Å². The summed E-state index contributed by atoms with van der Waals surface area (Å²) in [6.45, 7) is 1.60. The fraction of sp³-hybridized carbons (Fsp3) is 0.588. The van der Waals surface area contributed by atoms with Crippen LogP contribution < -0.4 is 15.8 Å². The number of amides is 1. The van der Waals surface area contributed by atoms with Gasteiger partial charge in [0.05, 0.1) is 12.3 Å². The van der Waals surface area contributed by atoms with Crippen LogP contribution in [-0.4, -0.2) is 44.1 Å². The summed E-state index contributed by atoms with van der Waals surface area (Å²) >= 11 is 0. The molecule has 1 amide bonds. The monoisotopic (exact) mass is 305 g/mol. The van der Waals surface area contributed by atoms with E-state index in [1.165, 1.54) is 12.8 Å². The van der Waals surface area contributed by atoms with E-state index < -0.39 is 0 Å². The molecule has 1 aromatic rings. The first-order chi connectivity index (χ1) is 10.6. The van der Waals surface area contributed by atoms with Crippen LogP contribution in [0.3, 0.4) is 0 Å². The second-order valence-electron chi connectivity index (χ2n) is 6.21. The third kappa shape index (κ3) is 4.91. The van der Waals surface area contributed by atoms with Gasteiger partial charge in [-0.05, 0) is 51.6 Å². The van der Waals surface area contributed by atoms with Crippen LogP contribution in [0, 0.1) is 0 Å². The number of nitrogens with zero attached hydrogens (tertiary/aromatic N) is 1. The zero-order chi connectivity index (χ0) is 15.9. The Morgan fingerprint density at radius 3 is 2.73 bits per heavy atom. The molecule has 0 spiro atoms. The molecule has 3 N–H and O–H groups in total. The molecule has 0 atom stereocenters. The molecule has 0 bridgehead atoms. The Morgan fingerprint density at radius 1 is 1.36 bits per heavy atom. The maximum Gasteiger partial charge on any atom is 0.251 e. The first kappa shape index (κ1) is 16.6. The van der Waals surface area contributed by atoms with Gasteiger partial charge >= 0.3 is 0 Å². The molecule has 0 unspecified atom stereocenters. The highest BCUT2D eigenvalue weighted by molar-refractivity contribution is 5.95. The molecule has 122 valence electrons. The van der Waals surface area contributed by atoms with Crippen molar-refractivity contribution in [3.8, 4) is 5.75 Å². The zero-order valence-corrected chi connectivity index (χ0v) is 13.6. The standard InChI is InChI=1S/C17H27N3O2/c1-20(2)10-5-11-22-16-9-8-13(12-15(16)18)17(21)19-14-6-3-4-7-14/h8-9,12,14H,3-7,10-11,18H2,1-2H3,(H,19,21). The predicted octanol–water partition coefficient (Wildman–Crippen LogP) is 2.27. The largest absolute Gasteiger partial charge is 0.491 e. The van der Waals surface area contributed by atoms with Gasteiger partial charge in [-0.25, -0.2) is 0 Å². The number of nitrogens with two attached hydrogens (primary N) is 1. The summed E-state index contributed by atoms with van der Waals surface area (Å²) in [6, 6.07) is 5.58. The molecule has 0 aliphatic heterocycles. The first-order valence-corrected chi connectivity index (χ1v) is 8.04. The van der Waals surface area contributed by atoms with Crippen LogP contribution in [0.25, 0.3) is 0 Å². The number of carbonyl (C=O) groups is 1. The Balaban J connectivity index is 1.86. The Hall–Kier alpha value is -1.75. The predicted molar refractivity (Wildman–Crippen MR) is 89.2 cm³/mol. The number of hydrogen-bond acceptors (Lipinski definition) is 4. The van der Waals surface area contributed by atoms with Crippen LogP contribution in [0.1, 0.15) is 42.5 Å². The van der Waals surface area contributed by atoms with E-state index >= 15 is 0 Å². The second-order valence-corrected chi connectivity index (χ2v) is 6.21. The number of benzene rings is 1. The Morgan fingerprint density at radius 2 is 2.09 bits per heavy atom. The molecule has 1 aliphatic carbocycles. The molecule has 0 aromatic heterocycles. The minimum Gasteiger partial charge on any atom is -0.491 e. The molecular formula is C17H27N3O2. The molecule has 0 heterocycles. The lowest BCUT2D eigenvalue weighted by Gasteiger charge is -2.14. The van der Waals surface area contributed by atoms with Crippen LogP contribution in [0.4, 0.5) is 5.69 Å². The summed E-state index contributed by atoms with van der Waals surface area (Å²) in [5.41, 5.74) is 7.11. The van der Waals surface area contributed by atoms with Crippen molar-refractivity contribution < 1.29 is 9.53 Å². The lowest BCUT2D eigenvalue weighted by atomic mass is 10.1. The van der Waals surface area contributed by atoms with Crippen LogP contribution in [0.5, 0.6) is 5.75 Å². The molecule has 1 aromatic carbocycles. The minimum absolute atomic E-state index is 0.0437. The van der Waals surface area contributed by atoms with Gasteiger partial charge in [0.1, 0.15) is 5.75 Å². The van der Waals surface area contributed by atoms with Crippen LogP contribution in [-0.2, 0) is 0 Å². The van der Waals surface area contributed by atoms with Crippen molar-refractivity contribution in [3.05, 3.63) is 23.8 Å². The number of rotatable bonds is 7. The SMILES string of the molecule is CN(C)CCCOc1ccc(C(=O)NC2CCCC2)cc1N. The highest BCUT2D eigenvalue weighted by Gasteiger charge is 2.18. The number of ether oxygens (including phenoxy) is 1. The van der Waals surface area contributed by atoms with Crippen molar-refractivity contribution in [2.24, 2.45) is 0 Å². The van der Waals surface area contributed by atoms with E-state index in [4.69, 9.17) is 10.5 Å². The third-order valence-electron chi connectivity index (χ3n) is 3.97. The van der Waals surface area contributed by atoms with Crippen molar-refractivity contribution >= 4 is 11.6 Å². The van der Waals surface area contributed by atoms with Crippen LogP contribution >= 0.6 is 0 Å². The van der Waals surface area contributed by atoms with Gasteiger partial charge in [-0.15, -0.1) is 0 Å². The summed E-state index contributed by atoms with van der Waals surface area (Å²) in [4.78, 5) is 14.3. The fourth-order valence-electron chi connectivity index (χ4n) is 2.72. The third-order valence-corrected chi connectivity index (χ3v) is 3.97. The normalized spacial score (nSPS) is 15.2.